The van der Waals surface area contributed by atoms with Gasteiger partial charge in [-0.05, 0) is 44.9 Å². The number of hydrogen-bond acceptors (Lipinski definition) is 3. The SMILES string of the molecule is C=CC(CCCCCC)OCC(=O)NCc1ccc(CC(C)(C)NC)cc1. The van der Waals surface area contributed by atoms with Crippen molar-refractivity contribution in [2.24, 2.45) is 0 Å². The Labute approximate surface area is 165 Å². The normalized spacial score (nSPS) is 12.6. The smallest absolute Gasteiger partial charge is 0.246 e. The van der Waals surface area contributed by atoms with Crippen LogP contribution in [0.15, 0.2) is 36.9 Å². The lowest BCUT2D eigenvalue weighted by Crippen LogP contribution is -2.38. The van der Waals surface area contributed by atoms with Gasteiger partial charge in [0, 0.05) is 12.1 Å². The summed E-state index contributed by atoms with van der Waals surface area (Å²) in [6, 6.07) is 8.40. The third-order valence-corrected chi connectivity index (χ3v) is 4.87. The van der Waals surface area contributed by atoms with Crippen molar-refractivity contribution in [2.75, 3.05) is 13.7 Å². The van der Waals surface area contributed by atoms with Gasteiger partial charge in [0.25, 0.3) is 0 Å². The van der Waals surface area contributed by atoms with Crippen molar-refractivity contribution >= 4 is 5.91 Å². The van der Waals surface area contributed by atoms with Crippen molar-refractivity contribution in [1.29, 1.82) is 0 Å². The number of amides is 1. The van der Waals surface area contributed by atoms with Crippen LogP contribution in [0.2, 0.25) is 0 Å². The molecule has 1 unspecified atom stereocenters. The zero-order valence-electron chi connectivity index (χ0n) is 17.6. The quantitative estimate of drug-likeness (QED) is 0.375. The summed E-state index contributed by atoms with van der Waals surface area (Å²) in [4.78, 5) is 12.0. The fourth-order valence-corrected chi connectivity index (χ4v) is 2.85. The fraction of sp³-hybridized carbons (Fsp3) is 0.609. The summed E-state index contributed by atoms with van der Waals surface area (Å²) in [6.45, 7) is 11.0. The van der Waals surface area contributed by atoms with Crippen molar-refractivity contribution in [3.63, 3.8) is 0 Å². The molecule has 1 aromatic carbocycles. The molecule has 0 saturated carbocycles. The second-order valence-electron chi connectivity index (χ2n) is 7.84. The first kappa shape index (κ1) is 23.4. The maximum Gasteiger partial charge on any atom is 0.246 e. The van der Waals surface area contributed by atoms with Crippen LogP contribution in [-0.2, 0) is 22.5 Å². The molecule has 2 N–H and O–H groups in total. The van der Waals surface area contributed by atoms with E-state index in [4.69, 9.17) is 4.74 Å². The van der Waals surface area contributed by atoms with Crippen molar-refractivity contribution in [3.8, 4) is 0 Å². The van der Waals surface area contributed by atoms with Gasteiger partial charge in [0.05, 0.1) is 6.10 Å². The topological polar surface area (TPSA) is 50.4 Å². The second-order valence-corrected chi connectivity index (χ2v) is 7.84. The van der Waals surface area contributed by atoms with E-state index >= 15 is 0 Å². The standard InChI is InChI=1S/C23H38N2O2/c1-6-8-9-10-11-21(7-2)27-18-22(26)25-17-20-14-12-19(13-15-20)16-23(3,4)24-5/h7,12-15,21,24H,2,6,8-11,16-18H2,1,3-5H3,(H,25,26). The van der Waals surface area contributed by atoms with Crippen LogP contribution in [0.3, 0.4) is 0 Å². The van der Waals surface area contributed by atoms with Gasteiger partial charge in [-0.1, -0.05) is 62.9 Å². The Balaban J connectivity index is 2.32. The van der Waals surface area contributed by atoms with Gasteiger partial charge < -0.3 is 15.4 Å². The predicted molar refractivity (Wildman–Crippen MR) is 114 cm³/mol. The van der Waals surface area contributed by atoms with Gasteiger partial charge >= 0.3 is 0 Å². The van der Waals surface area contributed by atoms with Crippen LogP contribution in [0.4, 0.5) is 0 Å². The van der Waals surface area contributed by atoms with Crippen LogP contribution in [0.25, 0.3) is 0 Å². The van der Waals surface area contributed by atoms with E-state index in [-0.39, 0.29) is 24.2 Å². The largest absolute Gasteiger partial charge is 0.364 e. The molecule has 1 atom stereocenters. The third-order valence-electron chi connectivity index (χ3n) is 4.87. The minimum atomic E-state index is -0.0872. The van der Waals surface area contributed by atoms with E-state index in [2.05, 4.69) is 62.2 Å². The third kappa shape index (κ3) is 10.3. The molecule has 0 fully saturated rings. The van der Waals surface area contributed by atoms with E-state index in [9.17, 15) is 4.79 Å². The first-order valence-corrected chi connectivity index (χ1v) is 10.2. The van der Waals surface area contributed by atoms with Gasteiger partial charge in [-0.25, -0.2) is 0 Å². The average Bonchev–Trinajstić information content (AvgIpc) is 2.66. The molecule has 0 saturated heterocycles. The lowest BCUT2D eigenvalue weighted by Gasteiger charge is -2.24. The van der Waals surface area contributed by atoms with E-state index in [1.807, 2.05) is 7.05 Å². The summed E-state index contributed by atoms with van der Waals surface area (Å²) in [5.74, 6) is -0.0872. The van der Waals surface area contributed by atoms with Crippen molar-refractivity contribution in [3.05, 3.63) is 48.0 Å². The number of unbranched alkanes of at least 4 members (excludes halogenated alkanes) is 3. The number of carbonyl (C=O) groups excluding carboxylic acids is 1. The number of nitrogens with one attached hydrogen (secondary N) is 2. The predicted octanol–water partition coefficient (Wildman–Crippen LogP) is 4.38. The Bertz CT molecular complexity index is 552. The van der Waals surface area contributed by atoms with E-state index in [1.165, 1.54) is 24.8 Å². The molecule has 1 aromatic rings. The average molecular weight is 375 g/mol. The molecule has 0 bridgehead atoms. The Kier molecular flexibility index (Phi) is 11.0. The molecule has 0 aliphatic carbocycles. The lowest BCUT2D eigenvalue weighted by atomic mass is 9.95. The number of carbonyl (C=O) groups is 1. The van der Waals surface area contributed by atoms with Gasteiger partial charge in [0.15, 0.2) is 0 Å². The molecule has 0 spiro atoms. The molecule has 0 radical (unpaired) electrons. The number of benzene rings is 1. The Morgan fingerprint density at radius 2 is 1.85 bits per heavy atom. The molecule has 0 aromatic heterocycles. The van der Waals surface area contributed by atoms with Crippen LogP contribution < -0.4 is 10.6 Å². The van der Waals surface area contributed by atoms with Crippen LogP contribution in [0, 0.1) is 0 Å². The molecule has 4 heteroatoms. The summed E-state index contributed by atoms with van der Waals surface area (Å²) in [5.41, 5.74) is 2.45. The number of hydrogen-bond donors (Lipinski definition) is 2. The number of ether oxygens (including phenoxy) is 1. The first-order chi connectivity index (χ1) is 12.9. The van der Waals surface area contributed by atoms with Crippen LogP contribution in [0.5, 0.6) is 0 Å². The van der Waals surface area contributed by atoms with Crippen molar-refractivity contribution in [1.82, 2.24) is 10.6 Å². The van der Waals surface area contributed by atoms with Crippen molar-refractivity contribution in [2.45, 2.75) is 77.5 Å². The molecule has 152 valence electrons. The van der Waals surface area contributed by atoms with Gasteiger partial charge in [-0.3, -0.25) is 4.79 Å². The zero-order chi connectivity index (χ0) is 20.1. The first-order valence-electron chi connectivity index (χ1n) is 10.2. The summed E-state index contributed by atoms with van der Waals surface area (Å²) in [5, 5.41) is 6.24. The highest BCUT2D eigenvalue weighted by Crippen LogP contribution is 2.13. The van der Waals surface area contributed by atoms with Gasteiger partial charge in [-0.2, -0.15) is 0 Å². The fourth-order valence-electron chi connectivity index (χ4n) is 2.85. The molecule has 27 heavy (non-hydrogen) atoms. The van der Waals surface area contributed by atoms with Gasteiger partial charge in [-0.15, -0.1) is 6.58 Å². The molecular formula is C23H38N2O2. The van der Waals surface area contributed by atoms with Gasteiger partial charge in [0.2, 0.25) is 5.91 Å². The van der Waals surface area contributed by atoms with Crippen LogP contribution in [-0.4, -0.2) is 31.2 Å². The lowest BCUT2D eigenvalue weighted by molar-refractivity contribution is -0.127. The number of rotatable bonds is 14. The maximum absolute atomic E-state index is 12.0. The van der Waals surface area contributed by atoms with E-state index < -0.39 is 0 Å². The molecule has 1 amide bonds. The molecule has 0 aliphatic heterocycles. The Hall–Kier alpha value is -1.65. The highest BCUT2D eigenvalue weighted by Gasteiger charge is 2.15. The summed E-state index contributed by atoms with van der Waals surface area (Å²) >= 11 is 0. The minimum absolute atomic E-state index is 0.0394. The maximum atomic E-state index is 12.0. The monoisotopic (exact) mass is 374 g/mol. The molecule has 4 nitrogen and oxygen atoms in total. The van der Waals surface area contributed by atoms with Crippen LogP contribution in [0.1, 0.15) is 64.0 Å². The summed E-state index contributed by atoms with van der Waals surface area (Å²) in [7, 11) is 1.98. The van der Waals surface area contributed by atoms with Crippen LogP contribution >= 0.6 is 0 Å². The number of likely N-dealkylation sites (N-methyl/N-ethyl adjacent to an activating group) is 1. The summed E-state index contributed by atoms with van der Waals surface area (Å²) < 4.78 is 5.67. The summed E-state index contributed by atoms with van der Waals surface area (Å²) in [6.07, 6.45) is 8.44. The minimum Gasteiger partial charge on any atom is -0.364 e. The highest BCUT2D eigenvalue weighted by molar-refractivity contribution is 5.77. The molecule has 0 heterocycles. The van der Waals surface area contributed by atoms with E-state index in [1.54, 1.807) is 6.08 Å². The second kappa shape index (κ2) is 12.7. The molecule has 1 rings (SSSR count). The highest BCUT2D eigenvalue weighted by atomic mass is 16.5. The Morgan fingerprint density at radius 3 is 2.44 bits per heavy atom. The van der Waals surface area contributed by atoms with Gasteiger partial charge in [0.1, 0.15) is 6.61 Å². The van der Waals surface area contributed by atoms with Crippen molar-refractivity contribution < 1.29 is 9.53 Å². The molecular weight excluding hydrogens is 336 g/mol. The van der Waals surface area contributed by atoms with E-state index in [0.717, 1.165) is 24.8 Å². The Morgan fingerprint density at radius 1 is 1.19 bits per heavy atom. The molecule has 0 aliphatic rings. The van der Waals surface area contributed by atoms with E-state index in [0.29, 0.717) is 6.54 Å². The zero-order valence-corrected chi connectivity index (χ0v) is 17.6.